The van der Waals surface area contributed by atoms with Crippen molar-refractivity contribution in [1.29, 1.82) is 0 Å². The van der Waals surface area contributed by atoms with E-state index < -0.39 is 0 Å². The molecule has 20 heavy (non-hydrogen) atoms. The summed E-state index contributed by atoms with van der Waals surface area (Å²) in [5, 5.41) is 0. The zero-order valence-electron chi connectivity index (χ0n) is 12.8. The van der Waals surface area contributed by atoms with E-state index in [4.69, 9.17) is 11.5 Å². The number of hydrogen-bond donors (Lipinski definition) is 2. The summed E-state index contributed by atoms with van der Waals surface area (Å²) in [5.41, 5.74) is 11.4. The zero-order chi connectivity index (χ0) is 15.1. The van der Waals surface area contributed by atoms with E-state index in [1.54, 1.807) is 0 Å². The highest BCUT2D eigenvalue weighted by Gasteiger charge is 2.47. The van der Waals surface area contributed by atoms with Crippen molar-refractivity contribution in [2.24, 2.45) is 34.6 Å². The summed E-state index contributed by atoms with van der Waals surface area (Å²) in [7, 11) is 0. The standard InChI is InChI=1S/C15H27N3O2/c1-9-12(16)5-4-11(15(9,2)3)14(20)18-7-6-10(8-18)13(17)19/h9-12H,4-8,16H2,1-3H3,(H2,17,19). The van der Waals surface area contributed by atoms with Gasteiger partial charge in [-0.3, -0.25) is 9.59 Å². The van der Waals surface area contributed by atoms with Crippen molar-refractivity contribution in [2.75, 3.05) is 13.1 Å². The lowest BCUT2D eigenvalue weighted by Crippen LogP contribution is -2.52. The van der Waals surface area contributed by atoms with Crippen LogP contribution in [-0.4, -0.2) is 35.8 Å². The Hall–Kier alpha value is -1.10. The Morgan fingerprint density at radius 1 is 1.20 bits per heavy atom. The van der Waals surface area contributed by atoms with E-state index in [9.17, 15) is 9.59 Å². The van der Waals surface area contributed by atoms with Gasteiger partial charge in [0.15, 0.2) is 0 Å². The molecule has 1 aliphatic heterocycles. The Labute approximate surface area is 121 Å². The van der Waals surface area contributed by atoms with Crippen molar-refractivity contribution in [3.63, 3.8) is 0 Å². The molecule has 2 fully saturated rings. The molecule has 5 nitrogen and oxygen atoms in total. The van der Waals surface area contributed by atoms with E-state index in [1.807, 2.05) is 4.90 Å². The molecule has 1 heterocycles. The minimum absolute atomic E-state index is 0.00364. The molecular formula is C15H27N3O2. The maximum absolute atomic E-state index is 12.8. The van der Waals surface area contributed by atoms with Crippen LogP contribution in [0.25, 0.3) is 0 Å². The van der Waals surface area contributed by atoms with Crippen LogP contribution in [0.15, 0.2) is 0 Å². The number of hydrogen-bond acceptors (Lipinski definition) is 3. The summed E-state index contributed by atoms with van der Waals surface area (Å²) in [6.07, 6.45) is 2.44. The van der Waals surface area contributed by atoms with Crippen molar-refractivity contribution >= 4 is 11.8 Å². The van der Waals surface area contributed by atoms with Crippen molar-refractivity contribution in [1.82, 2.24) is 4.90 Å². The molecule has 4 N–H and O–H groups in total. The second kappa shape index (κ2) is 5.35. The van der Waals surface area contributed by atoms with Crippen molar-refractivity contribution in [3.8, 4) is 0 Å². The lowest BCUT2D eigenvalue weighted by atomic mass is 9.60. The number of carbonyl (C=O) groups excluding carboxylic acids is 2. The number of amides is 2. The molecule has 1 saturated carbocycles. The summed E-state index contributed by atoms with van der Waals surface area (Å²) in [4.78, 5) is 25.8. The Balaban J connectivity index is 2.08. The van der Waals surface area contributed by atoms with Gasteiger partial charge >= 0.3 is 0 Å². The third-order valence-electron chi connectivity index (χ3n) is 5.70. The van der Waals surface area contributed by atoms with Gasteiger partial charge in [0.25, 0.3) is 0 Å². The highest BCUT2D eigenvalue weighted by Crippen LogP contribution is 2.45. The maximum Gasteiger partial charge on any atom is 0.226 e. The van der Waals surface area contributed by atoms with E-state index in [0.717, 1.165) is 12.8 Å². The van der Waals surface area contributed by atoms with Gasteiger partial charge in [-0.2, -0.15) is 0 Å². The van der Waals surface area contributed by atoms with E-state index in [0.29, 0.717) is 25.4 Å². The van der Waals surface area contributed by atoms with Gasteiger partial charge < -0.3 is 16.4 Å². The van der Waals surface area contributed by atoms with Crippen molar-refractivity contribution < 1.29 is 9.59 Å². The molecule has 2 amide bonds. The van der Waals surface area contributed by atoms with Crippen LogP contribution < -0.4 is 11.5 Å². The quantitative estimate of drug-likeness (QED) is 0.781. The fraction of sp³-hybridized carbons (Fsp3) is 0.867. The Kier molecular flexibility index (Phi) is 4.09. The molecule has 1 saturated heterocycles. The molecule has 114 valence electrons. The lowest BCUT2D eigenvalue weighted by molar-refractivity contribution is -0.142. The minimum Gasteiger partial charge on any atom is -0.369 e. The molecule has 5 heteroatoms. The number of carbonyl (C=O) groups is 2. The number of nitrogens with two attached hydrogens (primary N) is 2. The summed E-state index contributed by atoms with van der Waals surface area (Å²) in [6.45, 7) is 7.56. The fourth-order valence-electron chi connectivity index (χ4n) is 3.70. The first-order chi connectivity index (χ1) is 9.25. The average molecular weight is 281 g/mol. The highest BCUT2D eigenvalue weighted by molar-refractivity contribution is 5.83. The molecular weight excluding hydrogens is 254 g/mol. The predicted octanol–water partition coefficient (Wildman–Crippen LogP) is 0.720. The van der Waals surface area contributed by atoms with Crippen molar-refractivity contribution in [2.45, 2.75) is 46.1 Å². The van der Waals surface area contributed by atoms with Crippen molar-refractivity contribution in [3.05, 3.63) is 0 Å². The largest absolute Gasteiger partial charge is 0.369 e. The third-order valence-corrected chi connectivity index (χ3v) is 5.70. The van der Waals surface area contributed by atoms with Gasteiger partial charge in [-0.1, -0.05) is 20.8 Å². The maximum atomic E-state index is 12.8. The molecule has 0 aromatic heterocycles. The minimum atomic E-state index is -0.293. The van der Waals surface area contributed by atoms with Crippen LogP contribution in [0.4, 0.5) is 0 Å². The van der Waals surface area contributed by atoms with Crippen LogP contribution in [0.3, 0.4) is 0 Å². The van der Waals surface area contributed by atoms with Gasteiger partial charge in [0, 0.05) is 25.0 Å². The molecule has 4 unspecified atom stereocenters. The first-order valence-electron chi connectivity index (χ1n) is 7.58. The van der Waals surface area contributed by atoms with Gasteiger partial charge in [-0.25, -0.2) is 0 Å². The van der Waals surface area contributed by atoms with E-state index in [1.165, 1.54) is 0 Å². The Morgan fingerprint density at radius 2 is 1.85 bits per heavy atom. The smallest absolute Gasteiger partial charge is 0.226 e. The van der Waals surface area contributed by atoms with Gasteiger partial charge in [0.2, 0.25) is 11.8 Å². The SMILES string of the molecule is CC1C(N)CCC(C(=O)N2CCC(C(N)=O)C2)C1(C)C. The molecule has 0 aromatic rings. The van der Waals surface area contributed by atoms with Gasteiger partial charge in [0.1, 0.15) is 0 Å². The fourth-order valence-corrected chi connectivity index (χ4v) is 3.70. The number of nitrogens with zero attached hydrogens (tertiary/aromatic N) is 1. The summed E-state index contributed by atoms with van der Waals surface area (Å²) in [5.74, 6) is 0.0325. The Morgan fingerprint density at radius 3 is 2.40 bits per heavy atom. The summed E-state index contributed by atoms with van der Waals surface area (Å²) >= 11 is 0. The summed E-state index contributed by atoms with van der Waals surface area (Å²) in [6, 6.07) is 0.172. The van der Waals surface area contributed by atoms with Crippen LogP contribution in [-0.2, 0) is 9.59 Å². The van der Waals surface area contributed by atoms with E-state index in [2.05, 4.69) is 20.8 Å². The molecule has 1 aliphatic carbocycles. The lowest BCUT2D eigenvalue weighted by Gasteiger charge is -2.47. The van der Waals surface area contributed by atoms with Crippen LogP contribution >= 0.6 is 0 Å². The molecule has 4 atom stereocenters. The molecule has 0 aromatic carbocycles. The number of likely N-dealkylation sites (tertiary alicyclic amines) is 1. The molecule has 2 aliphatic rings. The van der Waals surface area contributed by atoms with Crippen LogP contribution in [0.2, 0.25) is 0 Å². The van der Waals surface area contributed by atoms with Gasteiger partial charge in [0.05, 0.1) is 5.92 Å². The molecule has 0 radical (unpaired) electrons. The monoisotopic (exact) mass is 281 g/mol. The Bertz CT molecular complexity index is 408. The van der Waals surface area contributed by atoms with Crippen LogP contribution in [0, 0.1) is 23.2 Å². The first-order valence-corrected chi connectivity index (χ1v) is 7.58. The molecule has 0 spiro atoms. The average Bonchev–Trinajstić information content (AvgIpc) is 2.85. The molecule has 0 bridgehead atoms. The second-order valence-corrected chi connectivity index (χ2v) is 7.08. The van der Waals surface area contributed by atoms with Crippen LogP contribution in [0.5, 0.6) is 0 Å². The zero-order valence-corrected chi connectivity index (χ0v) is 12.8. The number of primary amides is 1. The summed E-state index contributed by atoms with van der Waals surface area (Å²) < 4.78 is 0. The number of rotatable bonds is 2. The van der Waals surface area contributed by atoms with Gasteiger partial charge in [-0.15, -0.1) is 0 Å². The van der Waals surface area contributed by atoms with Crippen LogP contribution in [0.1, 0.15) is 40.0 Å². The normalized spacial score (nSPS) is 36.9. The van der Waals surface area contributed by atoms with E-state index >= 15 is 0 Å². The second-order valence-electron chi connectivity index (χ2n) is 7.08. The predicted molar refractivity (Wildman–Crippen MR) is 77.5 cm³/mol. The third kappa shape index (κ3) is 2.55. The van der Waals surface area contributed by atoms with Gasteiger partial charge in [-0.05, 0) is 30.6 Å². The highest BCUT2D eigenvalue weighted by atomic mass is 16.2. The first kappa shape index (κ1) is 15.3. The topological polar surface area (TPSA) is 89.4 Å². The van der Waals surface area contributed by atoms with E-state index in [-0.39, 0.29) is 35.1 Å². The molecule has 2 rings (SSSR count).